The molecule has 0 radical (unpaired) electrons. The first-order valence-electron chi connectivity index (χ1n) is 6.23. The van der Waals surface area contributed by atoms with Gasteiger partial charge in [-0.15, -0.1) is 0 Å². The third-order valence-electron chi connectivity index (χ3n) is 3.36. The lowest BCUT2D eigenvalue weighted by Crippen LogP contribution is -2.45. The summed E-state index contributed by atoms with van der Waals surface area (Å²) in [4.78, 5) is 27.2. The standard InChI is InChI=1S/C13H15BrN2O3/c14-8-5-6-11(15-7-8)12(17)16-10-4-2-1-3-9(10)13(18)19/h5-7,9-10H,1-4H2,(H,16,17)(H,18,19). The van der Waals surface area contributed by atoms with Crippen molar-refractivity contribution in [2.45, 2.75) is 31.7 Å². The summed E-state index contributed by atoms with van der Waals surface area (Å²) in [6.45, 7) is 0. The molecule has 0 aliphatic heterocycles. The van der Waals surface area contributed by atoms with Crippen LogP contribution in [0.2, 0.25) is 0 Å². The van der Waals surface area contributed by atoms with E-state index >= 15 is 0 Å². The number of nitrogens with one attached hydrogen (secondary N) is 1. The normalized spacial score (nSPS) is 22.8. The number of aromatic nitrogens is 1. The van der Waals surface area contributed by atoms with Crippen LogP contribution < -0.4 is 5.32 Å². The van der Waals surface area contributed by atoms with Crippen LogP contribution in [0, 0.1) is 5.92 Å². The number of carboxylic acids is 1. The molecule has 1 aliphatic rings. The molecular formula is C13H15BrN2O3. The highest BCUT2D eigenvalue weighted by Crippen LogP contribution is 2.24. The second-order valence-electron chi connectivity index (χ2n) is 4.67. The topological polar surface area (TPSA) is 79.3 Å². The monoisotopic (exact) mass is 326 g/mol. The van der Waals surface area contributed by atoms with Crippen molar-refractivity contribution in [3.05, 3.63) is 28.5 Å². The zero-order valence-corrected chi connectivity index (χ0v) is 11.9. The van der Waals surface area contributed by atoms with Crippen molar-refractivity contribution in [3.8, 4) is 0 Å². The van der Waals surface area contributed by atoms with Crippen molar-refractivity contribution in [1.82, 2.24) is 10.3 Å². The van der Waals surface area contributed by atoms with Crippen LogP contribution in [-0.2, 0) is 4.79 Å². The fourth-order valence-electron chi connectivity index (χ4n) is 2.35. The minimum atomic E-state index is -0.839. The average molecular weight is 327 g/mol. The van der Waals surface area contributed by atoms with Gasteiger partial charge in [0, 0.05) is 16.7 Å². The number of rotatable bonds is 3. The lowest BCUT2D eigenvalue weighted by molar-refractivity contribution is -0.143. The van der Waals surface area contributed by atoms with Crippen molar-refractivity contribution in [2.75, 3.05) is 0 Å². The second kappa shape index (κ2) is 6.14. The highest BCUT2D eigenvalue weighted by atomic mass is 79.9. The van der Waals surface area contributed by atoms with Gasteiger partial charge in [0.05, 0.1) is 5.92 Å². The molecule has 1 aromatic rings. The maximum absolute atomic E-state index is 12.0. The molecule has 1 saturated carbocycles. The molecular weight excluding hydrogens is 312 g/mol. The Bertz CT molecular complexity index is 475. The van der Waals surface area contributed by atoms with Crippen LogP contribution in [0.1, 0.15) is 36.2 Å². The van der Waals surface area contributed by atoms with Gasteiger partial charge in [-0.1, -0.05) is 12.8 Å². The molecule has 2 N–H and O–H groups in total. The maximum atomic E-state index is 12.0. The smallest absolute Gasteiger partial charge is 0.308 e. The van der Waals surface area contributed by atoms with Crippen LogP contribution in [-0.4, -0.2) is 28.0 Å². The van der Waals surface area contributed by atoms with Crippen molar-refractivity contribution < 1.29 is 14.7 Å². The maximum Gasteiger partial charge on any atom is 0.308 e. The number of amides is 1. The molecule has 1 aromatic heterocycles. The summed E-state index contributed by atoms with van der Waals surface area (Å²) in [5.41, 5.74) is 0.304. The van der Waals surface area contributed by atoms with Gasteiger partial charge in [0.15, 0.2) is 0 Å². The fraction of sp³-hybridized carbons (Fsp3) is 0.462. The molecule has 0 saturated heterocycles. The molecule has 102 valence electrons. The van der Waals surface area contributed by atoms with Gasteiger partial charge in [0.2, 0.25) is 0 Å². The van der Waals surface area contributed by atoms with E-state index in [1.165, 1.54) is 0 Å². The summed E-state index contributed by atoms with van der Waals surface area (Å²) in [7, 11) is 0. The molecule has 2 unspecified atom stereocenters. The summed E-state index contributed by atoms with van der Waals surface area (Å²) in [6, 6.07) is 3.04. The third-order valence-corrected chi connectivity index (χ3v) is 3.83. The molecule has 2 rings (SSSR count). The average Bonchev–Trinajstić information content (AvgIpc) is 2.39. The Morgan fingerprint density at radius 2 is 2.05 bits per heavy atom. The summed E-state index contributed by atoms with van der Waals surface area (Å²) in [6.07, 6.45) is 4.72. The molecule has 19 heavy (non-hydrogen) atoms. The fourth-order valence-corrected chi connectivity index (χ4v) is 2.59. The number of carbonyl (C=O) groups excluding carboxylic acids is 1. The Balaban J connectivity index is 2.04. The molecule has 1 amide bonds. The molecule has 2 atom stereocenters. The van der Waals surface area contributed by atoms with E-state index in [0.717, 1.165) is 17.3 Å². The van der Waals surface area contributed by atoms with Crippen molar-refractivity contribution in [3.63, 3.8) is 0 Å². The Morgan fingerprint density at radius 1 is 1.32 bits per heavy atom. The number of halogens is 1. The van der Waals surface area contributed by atoms with Gasteiger partial charge in [0.25, 0.3) is 5.91 Å². The molecule has 0 spiro atoms. The molecule has 5 nitrogen and oxygen atoms in total. The Morgan fingerprint density at radius 3 is 2.68 bits per heavy atom. The Labute approximate surface area is 119 Å². The SMILES string of the molecule is O=C(NC1CCCCC1C(=O)O)c1ccc(Br)cn1. The van der Waals surface area contributed by atoms with E-state index in [1.54, 1.807) is 18.3 Å². The first-order valence-corrected chi connectivity index (χ1v) is 7.02. The van der Waals surface area contributed by atoms with Gasteiger partial charge in [-0.05, 0) is 40.9 Å². The molecule has 1 aliphatic carbocycles. The van der Waals surface area contributed by atoms with E-state index in [0.29, 0.717) is 18.5 Å². The summed E-state index contributed by atoms with van der Waals surface area (Å²) < 4.78 is 0.796. The van der Waals surface area contributed by atoms with E-state index in [1.807, 2.05) is 0 Å². The molecule has 1 heterocycles. The molecule has 6 heteroatoms. The van der Waals surface area contributed by atoms with Gasteiger partial charge in [-0.25, -0.2) is 4.98 Å². The first kappa shape index (κ1) is 14.0. The zero-order valence-electron chi connectivity index (χ0n) is 10.3. The molecule has 0 bridgehead atoms. The second-order valence-corrected chi connectivity index (χ2v) is 5.59. The van der Waals surface area contributed by atoms with Gasteiger partial charge >= 0.3 is 5.97 Å². The van der Waals surface area contributed by atoms with E-state index in [-0.39, 0.29) is 11.9 Å². The van der Waals surface area contributed by atoms with Gasteiger partial charge in [-0.3, -0.25) is 9.59 Å². The van der Waals surface area contributed by atoms with Crippen LogP contribution in [0.5, 0.6) is 0 Å². The Kier molecular flexibility index (Phi) is 4.52. The minimum absolute atomic E-state index is 0.302. The highest BCUT2D eigenvalue weighted by Gasteiger charge is 2.32. The van der Waals surface area contributed by atoms with Crippen molar-refractivity contribution in [1.29, 1.82) is 0 Å². The minimum Gasteiger partial charge on any atom is -0.481 e. The van der Waals surface area contributed by atoms with Gasteiger partial charge in [0.1, 0.15) is 5.69 Å². The highest BCUT2D eigenvalue weighted by molar-refractivity contribution is 9.10. The van der Waals surface area contributed by atoms with Crippen LogP contribution >= 0.6 is 15.9 Å². The van der Waals surface area contributed by atoms with Crippen LogP contribution in [0.3, 0.4) is 0 Å². The molecule has 0 aromatic carbocycles. The van der Waals surface area contributed by atoms with Gasteiger partial charge in [-0.2, -0.15) is 0 Å². The van der Waals surface area contributed by atoms with Crippen molar-refractivity contribution >= 4 is 27.8 Å². The van der Waals surface area contributed by atoms with Crippen LogP contribution in [0.25, 0.3) is 0 Å². The molecule has 1 fully saturated rings. The summed E-state index contributed by atoms with van der Waals surface area (Å²) in [5, 5.41) is 11.9. The lowest BCUT2D eigenvalue weighted by Gasteiger charge is -2.29. The summed E-state index contributed by atoms with van der Waals surface area (Å²) >= 11 is 3.25. The lowest BCUT2D eigenvalue weighted by atomic mass is 9.84. The number of hydrogen-bond acceptors (Lipinski definition) is 3. The van der Waals surface area contributed by atoms with E-state index < -0.39 is 11.9 Å². The van der Waals surface area contributed by atoms with Crippen molar-refractivity contribution in [2.24, 2.45) is 5.92 Å². The number of carboxylic acid groups (broad SMARTS) is 1. The number of pyridine rings is 1. The number of carbonyl (C=O) groups is 2. The predicted octanol–water partition coefficient (Wildman–Crippen LogP) is 2.22. The number of hydrogen-bond donors (Lipinski definition) is 2. The first-order chi connectivity index (χ1) is 9.08. The van der Waals surface area contributed by atoms with E-state index in [4.69, 9.17) is 5.11 Å². The van der Waals surface area contributed by atoms with E-state index in [9.17, 15) is 9.59 Å². The van der Waals surface area contributed by atoms with Crippen LogP contribution in [0.15, 0.2) is 22.8 Å². The van der Waals surface area contributed by atoms with E-state index in [2.05, 4.69) is 26.2 Å². The zero-order chi connectivity index (χ0) is 13.8. The third kappa shape index (κ3) is 3.53. The largest absolute Gasteiger partial charge is 0.481 e. The number of nitrogens with zero attached hydrogens (tertiary/aromatic N) is 1. The van der Waals surface area contributed by atoms with Crippen LogP contribution in [0.4, 0.5) is 0 Å². The quantitative estimate of drug-likeness (QED) is 0.892. The van der Waals surface area contributed by atoms with Gasteiger partial charge < -0.3 is 10.4 Å². The Hall–Kier alpha value is -1.43. The summed E-state index contributed by atoms with van der Waals surface area (Å²) in [5.74, 6) is -1.65. The predicted molar refractivity (Wildman–Crippen MR) is 72.8 cm³/mol. The number of aliphatic carboxylic acids is 1.